The highest BCUT2D eigenvalue weighted by Gasteiger charge is 2.16. The van der Waals surface area contributed by atoms with Gasteiger partial charge in [-0.2, -0.15) is 0 Å². The molecule has 1 unspecified atom stereocenters. The van der Waals surface area contributed by atoms with Crippen molar-refractivity contribution >= 4 is 5.69 Å². The van der Waals surface area contributed by atoms with Crippen molar-refractivity contribution in [3.8, 4) is 0 Å². The van der Waals surface area contributed by atoms with Crippen molar-refractivity contribution in [1.82, 2.24) is 0 Å². The van der Waals surface area contributed by atoms with E-state index in [4.69, 9.17) is 0 Å². The zero-order valence-corrected chi connectivity index (χ0v) is 7.57. The van der Waals surface area contributed by atoms with E-state index in [1.165, 1.54) is 18.2 Å². The lowest BCUT2D eigenvalue weighted by Crippen LogP contribution is -2.11. The molecule has 1 rings (SSSR count). The molecular weight excluding hydrogens is 204 g/mol. The summed E-state index contributed by atoms with van der Waals surface area (Å²) < 4.78 is 0. The number of aliphatic hydroxyl groups is 1. The Kier molecular flexibility index (Phi) is 3.29. The van der Waals surface area contributed by atoms with E-state index in [0.29, 0.717) is 0 Å². The topological polar surface area (TPSA) is 107 Å². The molecule has 0 amide bonds. The van der Waals surface area contributed by atoms with Crippen molar-refractivity contribution in [3.05, 3.63) is 50.1 Å². The Hall–Kier alpha value is -2.02. The highest BCUT2D eigenvalue weighted by molar-refractivity contribution is 5.35. The fourth-order valence-electron chi connectivity index (χ4n) is 1.09. The third kappa shape index (κ3) is 2.99. The molecule has 0 fully saturated rings. The van der Waals surface area contributed by atoms with E-state index in [9.17, 15) is 25.3 Å². The van der Waals surface area contributed by atoms with Crippen molar-refractivity contribution in [3.63, 3.8) is 0 Å². The fourth-order valence-corrected chi connectivity index (χ4v) is 1.09. The lowest BCUT2D eigenvalue weighted by Gasteiger charge is -2.05. The van der Waals surface area contributed by atoms with E-state index in [1.807, 2.05) is 0 Å². The maximum Gasteiger partial charge on any atom is 0.269 e. The van der Waals surface area contributed by atoms with Crippen LogP contribution in [-0.2, 0) is 0 Å². The third-order valence-corrected chi connectivity index (χ3v) is 1.79. The van der Waals surface area contributed by atoms with E-state index in [1.54, 1.807) is 0 Å². The van der Waals surface area contributed by atoms with Crippen LogP contribution in [0.4, 0.5) is 5.69 Å². The number of aliphatic hydroxyl groups excluding tert-OH is 1. The van der Waals surface area contributed by atoms with E-state index in [-0.39, 0.29) is 11.3 Å². The van der Waals surface area contributed by atoms with Crippen molar-refractivity contribution in [2.75, 3.05) is 6.54 Å². The minimum absolute atomic E-state index is 0.168. The van der Waals surface area contributed by atoms with Crippen LogP contribution in [0.3, 0.4) is 0 Å². The highest BCUT2D eigenvalue weighted by atomic mass is 16.6. The monoisotopic (exact) mass is 212 g/mol. The first-order chi connectivity index (χ1) is 7.00. The summed E-state index contributed by atoms with van der Waals surface area (Å²) in [6.07, 6.45) is -1.32. The maximum atomic E-state index is 10.4. The average molecular weight is 212 g/mol. The van der Waals surface area contributed by atoms with E-state index < -0.39 is 22.5 Å². The second-order valence-corrected chi connectivity index (χ2v) is 2.88. The third-order valence-electron chi connectivity index (χ3n) is 1.79. The van der Waals surface area contributed by atoms with Gasteiger partial charge in [-0.25, -0.2) is 0 Å². The number of non-ortho nitro benzene ring substituents is 1. The first-order valence-corrected chi connectivity index (χ1v) is 4.05. The molecule has 7 heteroatoms. The van der Waals surface area contributed by atoms with Gasteiger partial charge in [0, 0.05) is 17.1 Å². The molecule has 0 saturated heterocycles. The fraction of sp³-hybridized carbons (Fsp3) is 0.250. The number of rotatable bonds is 4. The number of nitro groups is 2. The molecule has 15 heavy (non-hydrogen) atoms. The van der Waals surface area contributed by atoms with Gasteiger partial charge in [-0.3, -0.25) is 20.2 Å². The summed E-state index contributed by atoms with van der Waals surface area (Å²) in [5.41, 5.74) is -0.0317. The molecular formula is C8H8N2O5. The second-order valence-electron chi connectivity index (χ2n) is 2.88. The van der Waals surface area contributed by atoms with Crippen molar-refractivity contribution in [1.29, 1.82) is 0 Å². The Morgan fingerprint density at radius 3 is 2.53 bits per heavy atom. The lowest BCUT2D eigenvalue weighted by molar-refractivity contribution is -0.491. The van der Waals surface area contributed by atoms with Gasteiger partial charge in [-0.05, 0) is 5.56 Å². The SMILES string of the molecule is O=[N+]([O-])CC(O)c1cccc([N+](=O)[O-])c1. The van der Waals surface area contributed by atoms with Crippen LogP contribution in [0.2, 0.25) is 0 Å². The van der Waals surface area contributed by atoms with Crippen molar-refractivity contribution < 1.29 is 15.0 Å². The van der Waals surface area contributed by atoms with Gasteiger partial charge in [0.05, 0.1) is 4.92 Å². The molecule has 1 N–H and O–H groups in total. The summed E-state index contributed by atoms with van der Waals surface area (Å²) >= 11 is 0. The van der Waals surface area contributed by atoms with Crippen LogP contribution < -0.4 is 0 Å². The highest BCUT2D eigenvalue weighted by Crippen LogP contribution is 2.19. The number of benzene rings is 1. The standard InChI is InChI=1S/C8H8N2O5/c11-8(5-9(12)13)6-2-1-3-7(4-6)10(14)15/h1-4,8,11H,5H2. The number of hydrogen-bond donors (Lipinski definition) is 1. The van der Waals surface area contributed by atoms with Gasteiger partial charge < -0.3 is 5.11 Å². The quantitative estimate of drug-likeness (QED) is 0.589. The number of nitrogens with zero attached hydrogens (tertiary/aromatic N) is 2. The minimum atomic E-state index is -1.32. The molecule has 1 aromatic carbocycles. The molecule has 1 atom stereocenters. The molecule has 80 valence electrons. The summed E-state index contributed by atoms with van der Waals surface area (Å²) in [7, 11) is 0. The predicted octanol–water partition coefficient (Wildman–Crippen LogP) is 0.905. The molecule has 0 aromatic heterocycles. The second kappa shape index (κ2) is 4.47. The molecule has 0 radical (unpaired) electrons. The van der Waals surface area contributed by atoms with E-state index >= 15 is 0 Å². The Labute approximate surface area is 84.3 Å². The van der Waals surface area contributed by atoms with Gasteiger partial charge in [0.2, 0.25) is 6.54 Å². The molecule has 0 aliphatic rings. The Morgan fingerprint density at radius 1 is 1.33 bits per heavy atom. The number of hydrogen-bond acceptors (Lipinski definition) is 5. The zero-order chi connectivity index (χ0) is 11.4. The Bertz CT molecular complexity index is 392. The summed E-state index contributed by atoms with van der Waals surface area (Å²) in [6, 6.07) is 5.15. The average Bonchev–Trinajstić information content (AvgIpc) is 2.17. The normalized spacial score (nSPS) is 12.1. The minimum Gasteiger partial charge on any atom is -0.382 e. The van der Waals surface area contributed by atoms with Gasteiger partial charge in [0.15, 0.2) is 0 Å². The molecule has 0 aliphatic carbocycles. The predicted molar refractivity (Wildman–Crippen MR) is 49.9 cm³/mol. The molecule has 0 aliphatic heterocycles. The van der Waals surface area contributed by atoms with Crippen LogP contribution in [0, 0.1) is 20.2 Å². The molecule has 7 nitrogen and oxygen atoms in total. The van der Waals surface area contributed by atoms with Gasteiger partial charge in [0.25, 0.3) is 5.69 Å². The first-order valence-electron chi connectivity index (χ1n) is 4.05. The van der Waals surface area contributed by atoms with E-state index in [0.717, 1.165) is 6.07 Å². The van der Waals surface area contributed by atoms with Crippen molar-refractivity contribution in [2.45, 2.75) is 6.10 Å². The van der Waals surface area contributed by atoms with Crippen LogP contribution in [-0.4, -0.2) is 21.5 Å². The molecule has 0 heterocycles. The smallest absolute Gasteiger partial charge is 0.269 e. The summed E-state index contributed by atoms with van der Waals surface area (Å²) in [6.45, 7) is -0.666. The van der Waals surface area contributed by atoms with Crippen LogP contribution in [0.25, 0.3) is 0 Å². The van der Waals surface area contributed by atoms with Crippen LogP contribution >= 0.6 is 0 Å². The van der Waals surface area contributed by atoms with Crippen LogP contribution in [0.1, 0.15) is 11.7 Å². The Morgan fingerprint density at radius 2 is 2.00 bits per heavy atom. The molecule has 0 saturated carbocycles. The van der Waals surface area contributed by atoms with Gasteiger partial charge in [-0.1, -0.05) is 12.1 Å². The molecule has 0 spiro atoms. The first kappa shape index (κ1) is 11.1. The van der Waals surface area contributed by atoms with Crippen LogP contribution in [0.5, 0.6) is 0 Å². The largest absolute Gasteiger partial charge is 0.382 e. The van der Waals surface area contributed by atoms with Gasteiger partial charge in [-0.15, -0.1) is 0 Å². The summed E-state index contributed by atoms with van der Waals surface area (Å²) in [5, 5.41) is 29.8. The molecule has 1 aromatic rings. The summed E-state index contributed by atoms with van der Waals surface area (Å²) in [4.78, 5) is 19.2. The maximum absolute atomic E-state index is 10.4. The Balaban J connectivity index is 2.89. The van der Waals surface area contributed by atoms with Crippen molar-refractivity contribution in [2.24, 2.45) is 0 Å². The molecule has 0 bridgehead atoms. The summed E-state index contributed by atoms with van der Waals surface area (Å²) in [5.74, 6) is 0. The van der Waals surface area contributed by atoms with E-state index in [2.05, 4.69) is 0 Å². The lowest BCUT2D eigenvalue weighted by atomic mass is 10.1. The van der Waals surface area contributed by atoms with Crippen LogP contribution in [0.15, 0.2) is 24.3 Å². The number of nitro benzene ring substituents is 1. The van der Waals surface area contributed by atoms with Gasteiger partial charge in [0.1, 0.15) is 6.10 Å². The van der Waals surface area contributed by atoms with Gasteiger partial charge >= 0.3 is 0 Å². The zero-order valence-electron chi connectivity index (χ0n) is 7.57.